The Bertz CT molecular complexity index is 742. The first kappa shape index (κ1) is 11.5. The minimum atomic E-state index is 0.246. The zero-order chi connectivity index (χ0) is 13.4. The topological polar surface area (TPSA) is 61.0 Å². The second kappa shape index (κ2) is 4.68. The maximum absolute atomic E-state index is 5.41. The van der Waals surface area contributed by atoms with Gasteiger partial charge in [0.05, 0.1) is 17.7 Å². The highest BCUT2D eigenvalue weighted by molar-refractivity contribution is 5.91. The van der Waals surface area contributed by atoms with Crippen molar-refractivity contribution in [1.29, 1.82) is 0 Å². The standard InChI is InChI=1S/C15H13N3O2/c1-3-10-4-2-7-16-13(10)12(5-1)15-17-14(18-20-15)11-6-8-19-9-11/h1-5,7,11H,6,8-9H2/t11-/m1/s1. The third-order valence-corrected chi connectivity index (χ3v) is 3.60. The van der Waals surface area contributed by atoms with Gasteiger partial charge in [-0.15, -0.1) is 0 Å². The molecule has 1 aliphatic heterocycles. The molecule has 0 N–H and O–H groups in total. The number of rotatable bonds is 2. The van der Waals surface area contributed by atoms with Crippen LogP contribution in [0.1, 0.15) is 18.2 Å². The summed E-state index contributed by atoms with van der Waals surface area (Å²) >= 11 is 0. The van der Waals surface area contributed by atoms with Crippen molar-refractivity contribution in [2.24, 2.45) is 0 Å². The molecule has 0 unspecified atom stereocenters. The van der Waals surface area contributed by atoms with Crippen LogP contribution in [0.3, 0.4) is 0 Å². The van der Waals surface area contributed by atoms with Crippen molar-refractivity contribution < 1.29 is 9.26 Å². The molecule has 1 atom stereocenters. The van der Waals surface area contributed by atoms with Gasteiger partial charge < -0.3 is 9.26 Å². The third kappa shape index (κ3) is 1.87. The SMILES string of the molecule is c1cnc2c(-c3nc([C@@H]4CCOC4)no3)cccc2c1. The summed E-state index contributed by atoms with van der Waals surface area (Å²) in [5, 5.41) is 5.15. The summed E-state index contributed by atoms with van der Waals surface area (Å²) in [6.45, 7) is 1.44. The molecule has 3 aromatic rings. The van der Waals surface area contributed by atoms with Gasteiger partial charge in [-0.1, -0.05) is 23.4 Å². The van der Waals surface area contributed by atoms with Gasteiger partial charge in [-0.05, 0) is 18.6 Å². The first-order chi connectivity index (χ1) is 9.92. The lowest BCUT2D eigenvalue weighted by molar-refractivity contribution is 0.192. The Hall–Kier alpha value is -2.27. The van der Waals surface area contributed by atoms with Crippen molar-refractivity contribution in [1.82, 2.24) is 15.1 Å². The quantitative estimate of drug-likeness (QED) is 0.714. The molecule has 5 heteroatoms. The normalized spacial score (nSPS) is 18.7. The van der Waals surface area contributed by atoms with E-state index in [2.05, 4.69) is 15.1 Å². The van der Waals surface area contributed by atoms with Gasteiger partial charge in [0.1, 0.15) is 0 Å². The number of nitrogens with zero attached hydrogens (tertiary/aromatic N) is 3. The van der Waals surface area contributed by atoms with Gasteiger partial charge in [-0.2, -0.15) is 4.98 Å². The fourth-order valence-corrected chi connectivity index (χ4v) is 2.53. The van der Waals surface area contributed by atoms with Crippen LogP contribution in [0, 0.1) is 0 Å². The van der Waals surface area contributed by atoms with Crippen LogP contribution in [-0.4, -0.2) is 28.3 Å². The monoisotopic (exact) mass is 267 g/mol. The van der Waals surface area contributed by atoms with Crippen molar-refractivity contribution >= 4 is 10.9 Å². The van der Waals surface area contributed by atoms with Crippen LogP contribution in [0.25, 0.3) is 22.4 Å². The Morgan fingerprint density at radius 1 is 1.15 bits per heavy atom. The average molecular weight is 267 g/mol. The van der Waals surface area contributed by atoms with Crippen LogP contribution in [0.2, 0.25) is 0 Å². The average Bonchev–Trinajstić information content (AvgIpc) is 3.17. The summed E-state index contributed by atoms with van der Waals surface area (Å²) in [7, 11) is 0. The van der Waals surface area contributed by atoms with Crippen LogP contribution in [-0.2, 0) is 4.74 Å². The number of pyridine rings is 1. The molecule has 1 aromatic carbocycles. The fraction of sp³-hybridized carbons (Fsp3) is 0.267. The van der Waals surface area contributed by atoms with Gasteiger partial charge in [0.15, 0.2) is 5.82 Å². The van der Waals surface area contributed by atoms with Crippen molar-refractivity contribution in [2.75, 3.05) is 13.2 Å². The molecule has 0 bridgehead atoms. The Balaban J connectivity index is 1.79. The maximum atomic E-state index is 5.41. The first-order valence-corrected chi connectivity index (χ1v) is 6.67. The predicted molar refractivity (Wildman–Crippen MR) is 73.2 cm³/mol. The number of benzene rings is 1. The van der Waals surface area contributed by atoms with E-state index in [4.69, 9.17) is 9.26 Å². The van der Waals surface area contributed by atoms with E-state index in [1.807, 2.05) is 30.3 Å². The molecule has 1 aliphatic rings. The van der Waals surface area contributed by atoms with E-state index in [-0.39, 0.29) is 5.92 Å². The second-order valence-electron chi connectivity index (χ2n) is 4.90. The van der Waals surface area contributed by atoms with Gasteiger partial charge in [0.2, 0.25) is 0 Å². The summed E-state index contributed by atoms with van der Waals surface area (Å²) in [5.74, 6) is 1.50. The number of hydrogen-bond donors (Lipinski definition) is 0. The molecular formula is C15H13N3O2. The molecule has 1 saturated heterocycles. The van der Waals surface area contributed by atoms with E-state index in [0.29, 0.717) is 12.5 Å². The molecule has 0 spiro atoms. The summed E-state index contributed by atoms with van der Waals surface area (Å²) in [6, 6.07) is 9.89. The van der Waals surface area contributed by atoms with Gasteiger partial charge in [-0.3, -0.25) is 4.98 Å². The van der Waals surface area contributed by atoms with E-state index >= 15 is 0 Å². The fourth-order valence-electron chi connectivity index (χ4n) is 2.53. The summed E-state index contributed by atoms with van der Waals surface area (Å²) in [5.41, 5.74) is 1.76. The molecule has 0 aliphatic carbocycles. The van der Waals surface area contributed by atoms with Crippen molar-refractivity contribution in [3.8, 4) is 11.5 Å². The minimum Gasteiger partial charge on any atom is -0.381 e. The third-order valence-electron chi connectivity index (χ3n) is 3.60. The van der Waals surface area contributed by atoms with E-state index in [1.54, 1.807) is 6.20 Å². The van der Waals surface area contributed by atoms with Crippen molar-refractivity contribution in [2.45, 2.75) is 12.3 Å². The maximum Gasteiger partial charge on any atom is 0.260 e. The number of aromatic nitrogens is 3. The summed E-state index contributed by atoms with van der Waals surface area (Å²) in [4.78, 5) is 8.93. The highest BCUT2D eigenvalue weighted by Crippen LogP contribution is 2.28. The van der Waals surface area contributed by atoms with Crippen LogP contribution >= 0.6 is 0 Å². The van der Waals surface area contributed by atoms with Crippen LogP contribution in [0.15, 0.2) is 41.1 Å². The van der Waals surface area contributed by atoms with Crippen LogP contribution < -0.4 is 0 Å². The first-order valence-electron chi connectivity index (χ1n) is 6.67. The molecule has 3 heterocycles. The van der Waals surface area contributed by atoms with Crippen molar-refractivity contribution in [3.63, 3.8) is 0 Å². The zero-order valence-corrected chi connectivity index (χ0v) is 10.8. The lowest BCUT2D eigenvalue weighted by Crippen LogP contribution is -1.99. The number of ether oxygens (including phenoxy) is 1. The van der Waals surface area contributed by atoms with Crippen LogP contribution in [0.5, 0.6) is 0 Å². The number of fused-ring (bicyclic) bond motifs is 1. The Labute approximate surface area is 115 Å². The van der Waals surface area contributed by atoms with E-state index in [9.17, 15) is 0 Å². The van der Waals surface area contributed by atoms with Gasteiger partial charge in [0, 0.05) is 24.1 Å². The largest absolute Gasteiger partial charge is 0.381 e. The molecular weight excluding hydrogens is 254 g/mol. The molecule has 1 fully saturated rings. The molecule has 20 heavy (non-hydrogen) atoms. The Kier molecular flexibility index (Phi) is 2.70. The molecule has 0 radical (unpaired) electrons. The van der Waals surface area contributed by atoms with E-state index in [0.717, 1.165) is 35.3 Å². The number of hydrogen-bond acceptors (Lipinski definition) is 5. The molecule has 0 amide bonds. The lowest BCUT2D eigenvalue weighted by Gasteiger charge is -2.00. The van der Waals surface area contributed by atoms with E-state index in [1.165, 1.54) is 0 Å². The Morgan fingerprint density at radius 3 is 3.00 bits per heavy atom. The highest BCUT2D eigenvalue weighted by atomic mass is 16.5. The molecule has 2 aromatic heterocycles. The van der Waals surface area contributed by atoms with Gasteiger partial charge in [0.25, 0.3) is 5.89 Å². The van der Waals surface area contributed by atoms with Gasteiger partial charge >= 0.3 is 0 Å². The Morgan fingerprint density at radius 2 is 2.10 bits per heavy atom. The van der Waals surface area contributed by atoms with Gasteiger partial charge in [-0.25, -0.2) is 0 Å². The molecule has 4 rings (SSSR count). The summed E-state index contributed by atoms with van der Waals surface area (Å²) < 4.78 is 10.8. The highest BCUT2D eigenvalue weighted by Gasteiger charge is 2.23. The number of para-hydroxylation sites is 1. The zero-order valence-electron chi connectivity index (χ0n) is 10.8. The lowest BCUT2D eigenvalue weighted by atomic mass is 10.1. The van der Waals surface area contributed by atoms with E-state index < -0.39 is 0 Å². The predicted octanol–water partition coefficient (Wildman–Crippen LogP) is 2.79. The molecule has 0 saturated carbocycles. The van der Waals surface area contributed by atoms with Crippen molar-refractivity contribution in [3.05, 3.63) is 42.4 Å². The second-order valence-corrected chi connectivity index (χ2v) is 4.90. The molecule has 5 nitrogen and oxygen atoms in total. The minimum absolute atomic E-state index is 0.246. The summed E-state index contributed by atoms with van der Waals surface area (Å²) in [6.07, 6.45) is 2.72. The smallest absolute Gasteiger partial charge is 0.260 e. The molecule has 100 valence electrons. The van der Waals surface area contributed by atoms with Crippen LogP contribution in [0.4, 0.5) is 0 Å².